The summed E-state index contributed by atoms with van der Waals surface area (Å²) in [6.45, 7) is 2.34. The summed E-state index contributed by atoms with van der Waals surface area (Å²) in [7, 11) is 3.19. The number of H-pyrrole nitrogens is 1. The maximum absolute atomic E-state index is 12.6. The Hall–Kier alpha value is -3.31. The number of benzene rings is 2. The number of thioether (sulfide) groups is 1. The lowest BCUT2D eigenvalue weighted by atomic mass is 10.1. The maximum Gasteiger partial charge on any atom is 0.230 e. The van der Waals surface area contributed by atoms with Gasteiger partial charge in [-0.2, -0.15) is 5.10 Å². The van der Waals surface area contributed by atoms with Gasteiger partial charge < -0.3 is 14.8 Å². The molecule has 35 heavy (non-hydrogen) atoms. The highest BCUT2D eigenvalue weighted by atomic mass is 79.9. The lowest BCUT2D eigenvalue weighted by Gasteiger charge is -2.14. The lowest BCUT2D eigenvalue weighted by Crippen LogP contribution is -2.28. The highest BCUT2D eigenvalue weighted by molar-refractivity contribution is 9.10. The van der Waals surface area contributed by atoms with Gasteiger partial charge in [0, 0.05) is 22.4 Å². The molecule has 11 heteroatoms. The van der Waals surface area contributed by atoms with Gasteiger partial charge in [-0.15, -0.1) is 0 Å². The van der Waals surface area contributed by atoms with Gasteiger partial charge in [0.15, 0.2) is 22.3 Å². The molecule has 2 heterocycles. The number of rotatable bonds is 9. The highest BCUT2D eigenvalue weighted by Crippen LogP contribution is 2.27. The number of aryl methyl sites for hydroxylation is 1. The highest BCUT2D eigenvalue weighted by Gasteiger charge is 2.16. The van der Waals surface area contributed by atoms with E-state index < -0.39 is 0 Å². The lowest BCUT2D eigenvalue weighted by molar-refractivity contribution is -0.118. The molecule has 182 valence electrons. The van der Waals surface area contributed by atoms with Crippen molar-refractivity contribution in [3.63, 3.8) is 0 Å². The SMILES string of the molecule is COc1ccc(CCNC(=O)CSc2nc3n[nH]c(C)c3c(=N)n2-c2ccc(Br)cc2)cc1OC. The molecule has 0 aliphatic rings. The summed E-state index contributed by atoms with van der Waals surface area (Å²) in [6, 6.07) is 13.3. The van der Waals surface area contributed by atoms with Crippen molar-refractivity contribution in [1.29, 1.82) is 5.41 Å². The van der Waals surface area contributed by atoms with E-state index in [1.165, 1.54) is 11.8 Å². The molecule has 0 atom stereocenters. The molecule has 1 amide bonds. The van der Waals surface area contributed by atoms with Gasteiger partial charge in [0.25, 0.3) is 0 Å². The molecular formula is C24H25BrN6O3S. The van der Waals surface area contributed by atoms with Crippen molar-refractivity contribution in [3.05, 3.63) is 63.7 Å². The van der Waals surface area contributed by atoms with Crippen molar-refractivity contribution in [1.82, 2.24) is 25.1 Å². The molecule has 0 aliphatic carbocycles. The van der Waals surface area contributed by atoms with Crippen LogP contribution in [0.15, 0.2) is 52.1 Å². The molecular weight excluding hydrogens is 532 g/mol. The van der Waals surface area contributed by atoms with E-state index in [4.69, 9.17) is 14.9 Å². The molecule has 3 N–H and O–H groups in total. The number of fused-ring (bicyclic) bond motifs is 1. The van der Waals surface area contributed by atoms with Gasteiger partial charge in [0.2, 0.25) is 5.91 Å². The number of aromatic amines is 1. The molecule has 2 aromatic carbocycles. The van der Waals surface area contributed by atoms with Crippen molar-refractivity contribution in [2.45, 2.75) is 18.5 Å². The zero-order valence-corrected chi connectivity index (χ0v) is 21.9. The van der Waals surface area contributed by atoms with E-state index in [1.54, 1.807) is 18.8 Å². The number of halogens is 1. The van der Waals surface area contributed by atoms with Crippen LogP contribution < -0.4 is 20.3 Å². The predicted octanol–water partition coefficient (Wildman–Crippen LogP) is 3.77. The van der Waals surface area contributed by atoms with Crippen LogP contribution in [0, 0.1) is 12.3 Å². The Morgan fingerprint density at radius 1 is 1.17 bits per heavy atom. The Kier molecular flexibility index (Phi) is 7.76. The second-order valence-corrected chi connectivity index (χ2v) is 9.54. The number of carbonyl (C=O) groups excluding carboxylic acids is 1. The molecule has 0 saturated carbocycles. The molecule has 0 aliphatic heterocycles. The topological polar surface area (TPSA) is 118 Å². The van der Waals surface area contributed by atoms with Crippen LogP contribution in [0.2, 0.25) is 0 Å². The Labute approximate surface area is 214 Å². The summed E-state index contributed by atoms with van der Waals surface area (Å²) in [5.74, 6) is 1.36. The van der Waals surface area contributed by atoms with Crippen LogP contribution in [0.4, 0.5) is 0 Å². The molecule has 0 unspecified atom stereocenters. The first kappa shape index (κ1) is 24.8. The number of nitrogens with zero attached hydrogens (tertiary/aromatic N) is 3. The normalized spacial score (nSPS) is 11.0. The second kappa shape index (κ2) is 11.0. The van der Waals surface area contributed by atoms with Crippen LogP contribution in [0.3, 0.4) is 0 Å². The van der Waals surface area contributed by atoms with Gasteiger partial charge in [-0.3, -0.25) is 19.9 Å². The van der Waals surface area contributed by atoms with E-state index in [0.717, 1.165) is 21.4 Å². The molecule has 9 nitrogen and oxygen atoms in total. The van der Waals surface area contributed by atoms with Crippen molar-refractivity contribution in [2.75, 3.05) is 26.5 Å². The molecule has 0 spiro atoms. The zero-order chi connectivity index (χ0) is 24.9. The van der Waals surface area contributed by atoms with E-state index in [1.807, 2.05) is 49.4 Å². The number of aromatic nitrogens is 4. The Bertz CT molecular complexity index is 1420. The maximum atomic E-state index is 12.6. The molecule has 4 rings (SSSR count). The van der Waals surface area contributed by atoms with Gasteiger partial charge in [-0.25, -0.2) is 4.98 Å². The summed E-state index contributed by atoms with van der Waals surface area (Å²) in [5.41, 5.74) is 3.30. The van der Waals surface area contributed by atoms with Crippen molar-refractivity contribution in [2.24, 2.45) is 0 Å². The summed E-state index contributed by atoms with van der Waals surface area (Å²) < 4.78 is 13.3. The number of hydrogen-bond donors (Lipinski definition) is 3. The number of amides is 1. The number of methoxy groups -OCH3 is 2. The summed E-state index contributed by atoms with van der Waals surface area (Å²) >= 11 is 4.72. The number of hydrogen-bond acceptors (Lipinski definition) is 7. The zero-order valence-electron chi connectivity index (χ0n) is 19.5. The average Bonchev–Trinajstić information content (AvgIpc) is 3.24. The first-order chi connectivity index (χ1) is 16.9. The third kappa shape index (κ3) is 5.51. The number of ether oxygens (including phenoxy) is 2. The first-order valence-corrected chi connectivity index (χ1v) is 12.6. The van der Waals surface area contributed by atoms with Gasteiger partial charge in [0.05, 0.1) is 25.4 Å². The van der Waals surface area contributed by atoms with Crippen molar-refractivity contribution in [3.8, 4) is 17.2 Å². The van der Waals surface area contributed by atoms with Gasteiger partial charge >= 0.3 is 0 Å². The Morgan fingerprint density at radius 2 is 1.91 bits per heavy atom. The van der Waals surface area contributed by atoms with Crippen molar-refractivity contribution >= 4 is 44.6 Å². The van der Waals surface area contributed by atoms with Crippen LogP contribution in [0.1, 0.15) is 11.3 Å². The van der Waals surface area contributed by atoms with Crippen LogP contribution in [-0.4, -0.2) is 52.2 Å². The first-order valence-electron chi connectivity index (χ1n) is 10.8. The fraction of sp³-hybridized carbons (Fsp3) is 0.250. The Morgan fingerprint density at radius 3 is 2.63 bits per heavy atom. The van der Waals surface area contributed by atoms with E-state index >= 15 is 0 Å². The average molecular weight is 557 g/mol. The second-order valence-electron chi connectivity index (χ2n) is 7.68. The third-order valence-electron chi connectivity index (χ3n) is 5.38. The van der Waals surface area contributed by atoms with Crippen LogP contribution >= 0.6 is 27.7 Å². The monoisotopic (exact) mass is 556 g/mol. The van der Waals surface area contributed by atoms with Gasteiger partial charge in [-0.1, -0.05) is 33.8 Å². The van der Waals surface area contributed by atoms with Gasteiger partial charge in [-0.05, 0) is 55.3 Å². The molecule has 4 aromatic rings. The van der Waals surface area contributed by atoms with E-state index in [2.05, 4.69) is 36.4 Å². The van der Waals surface area contributed by atoms with Crippen LogP contribution in [0.25, 0.3) is 16.7 Å². The van der Waals surface area contributed by atoms with Gasteiger partial charge in [0.1, 0.15) is 5.49 Å². The fourth-order valence-corrected chi connectivity index (χ4v) is 4.72. The quantitative estimate of drug-likeness (QED) is 0.213. The molecule has 0 radical (unpaired) electrons. The van der Waals surface area contributed by atoms with Crippen LogP contribution in [0.5, 0.6) is 11.5 Å². The minimum absolute atomic E-state index is 0.121. The number of nitrogens with one attached hydrogen (secondary N) is 3. The molecule has 2 aromatic heterocycles. The number of carbonyl (C=O) groups is 1. The molecule has 0 fully saturated rings. The summed E-state index contributed by atoms with van der Waals surface area (Å²) in [5, 5.41) is 20.0. The summed E-state index contributed by atoms with van der Waals surface area (Å²) in [6.07, 6.45) is 0.656. The largest absolute Gasteiger partial charge is 0.493 e. The third-order valence-corrected chi connectivity index (χ3v) is 6.85. The minimum atomic E-state index is -0.121. The van der Waals surface area contributed by atoms with Crippen molar-refractivity contribution < 1.29 is 14.3 Å². The Balaban J connectivity index is 1.47. The predicted molar refractivity (Wildman–Crippen MR) is 138 cm³/mol. The van der Waals surface area contributed by atoms with E-state index in [9.17, 15) is 4.79 Å². The standard InChI is InChI=1S/C24H25BrN6O3S/c1-14-21-22(26)31(17-7-5-16(25)6-8-17)24(28-23(21)30-29-14)35-13-20(32)27-11-10-15-4-9-18(33-2)19(12-15)34-3/h4-9,12,26H,10-11,13H2,1-3H3,(H,27,32)(H,29,30). The van der Waals surface area contributed by atoms with E-state index in [0.29, 0.717) is 40.7 Å². The van der Waals surface area contributed by atoms with E-state index in [-0.39, 0.29) is 17.1 Å². The summed E-state index contributed by atoms with van der Waals surface area (Å²) in [4.78, 5) is 17.2. The molecule has 0 saturated heterocycles. The molecule has 0 bridgehead atoms. The minimum Gasteiger partial charge on any atom is -0.493 e. The smallest absolute Gasteiger partial charge is 0.230 e. The fourth-order valence-electron chi connectivity index (χ4n) is 3.62. The van der Waals surface area contributed by atoms with Crippen LogP contribution in [-0.2, 0) is 11.2 Å².